The zero-order valence-electron chi connectivity index (χ0n) is 20.9. The third kappa shape index (κ3) is 5.65. The Kier molecular flexibility index (Phi) is 7.69. The third-order valence-corrected chi connectivity index (χ3v) is 8.57. The summed E-state index contributed by atoms with van der Waals surface area (Å²) in [6, 6.07) is 4.98. The largest absolute Gasteiger partial charge is 0.333 e. The summed E-state index contributed by atoms with van der Waals surface area (Å²) in [6.07, 6.45) is 9.59. The lowest BCUT2D eigenvalue weighted by molar-refractivity contribution is 0.0719. The van der Waals surface area contributed by atoms with Crippen LogP contribution >= 0.6 is 0 Å². The molecule has 9 heteroatoms. The molecule has 3 heterocycles. The van der Waals surface area contributed by atoms with Crippen molar-refractivity contribution in [1.82, 2.24) is 14.5 Å². The van der Waals surface area contributed by atoms with Gasteiger partial charge in [0.05, 0.1) is 6.61 Å². The number of pyridine rings is 1. The Bertz CT molecular complexity index is 1080. The molecule has 0 atom stereocenters. The lowest BCUT2D eigenvalue weighted by Crippen LogP contribution is -2.44. The number of aromatic nitrogens is 2. The van der Waals surface area contributed by atoms with Crippen LogP contribution in [0.15, 0.2) is 18.3 Å². The highest BCUT2D eigenvalue weighted by atomic mass is 32.2. The van der Waals surface area contributed by atoms with E-state index in [2.05, 4.69) is 30.2 Å². The lowest BCUT2D eigenvalue weighted by atomic mass is 9.71. The van der Waals surface area contributed by atoms with Gasteiger partial charge in [0.25, 0.3) is 0 Å². The Labute approximate surface area is 204 Å². The van der Waals surface area contributed by atoms with Crippen LogP contribution in [0.3, 0.4) is 0 Å². The van der Waals surface area contributed by atoms with Crippen LogP contribution in [0.1, 0.15) is 76.6 Å². The summed E-state index contributed by atoms with van der Waals surface area (Å²) in [6.45, 7) is 9.65. The van der Waals surface area contributed by atoms with Crippen molar-refractivity contribution in [2.24, 2.45) is 22.2 Å². The quantitative estimate of drug-likeness (QED) is 0.612. The average molecular weight is 492 g/mol. The molecule has 1 aliphatic carbocycles. The SMILES string of the molecule is CC(C)(C)[C@H]1CC[C@@H](N2CCC(n3c(CCOS(N)(=O)=O)c(CN)c4cccnc43)CC2)CC1. The molecule has 0 amide bonds. The fourth-order valence-corrected chi connectivity index (χ4v) is 6.53. The fourth-order valence-electron chi connectivity index (χ4n) is 6.22. The maximum absolute atomic E-state index is 11.3. The Morgan fingerprint density at radius 1 is 1.09 bits per heavy atom. The van der Waals surface area contributed by atoms with Crippen LogP contribution in [0.25, 0.3) is 11.0 Å². The van der Waals surface area contributed by atoms with E-state index in [4.69, 9.17) is 20.0 Å². The van der Waals surface area contributed by atoms with Gasteiger partial charge in [-0.25, -0.2) is 10.1 Å². The first-order valence-corrected chi connectivity index (χ1v) is 14.1. The molecule has 0 unspecified atom stereocenters. The molecule has 4 rings (SSSR count). The van der Waals surface area contributed by atoms with Gasteiger partial charge < -0.3 is 15.2 Å². The predicted molar refractivity (Wildman–Crippen MR) is 135 cm³/mol. The van der Waals surface area contributed by atoms with Gasteiger partial charge in [0.2, 0.25) is 0 Å². The van der Waals surface area contributed by atoms with Crippen molar-refractivity contribution in [2.45, 2.75) is 84.3 Å². The van der Waals surface area contributed by atoms with E-state index in [-0.39, 0.29) is 6.61 Å². The van der Waals surface area contributed by atoms with Crippen LogP contribution < -0.4 is 10.9 Å². The first-order valence-electron chi connectivity index (χ1n) is 12.7. The summed E-state index contributed by atoms with van der Waals surface area (Å²) >= 11 is 0. The summed E-state index contributed by atoms with van der Waals surface area (Å²) in [5, 5.41) is 6.09. The molecule has 0 spiro atoms. The summed E-state index contributed by atoms with van der Waals surface area (Å²) in [5.74, 6) is 0.829. The monoisotopic (exact) mass is 491 g/mol. The van der Waals surface area contributed by atoms with Crippen LogP contribution in [0, 0.1) is 11.3 Å². The molecule has 0 radical (unpaired) electrons. The minimum atomic E-state index is -3.98. The molecule has 8 nitrogen and oxygen atoms in total. The van der Waals surface area contributed by atoms with E-state index in [9.17, 15) is 8.42 Å². The molecule has 2 fully saturated rings. The van der Waals surface area contributed by atoms with Gasteiger partial charge in [-0.15, -0.1) is 0 Å². The molecular weight excluding hydrogens is 450 g/mol. The number of hydrogen-bond donors (Lipinski definition) is 2. The Morgan fingerprint density at radius 2 is 1.76 bits per heavy atom. The van der Waals surface area contributed by atoms with E-state index in [1.165, 1.54) is 25.7 Å². The van der Waals surface area contributed by atoms with Gasteiger partial charge in [-0.05, 0) is 67.6 Å². The normalized spacial score (nSPS) is 23.6. The molecule has 1 saturated heterocycles. The standard InChI is InChI=1S/C25H41N5O3S/c1-25(2,3)18-6-8-19(9-7-18)29-14-10-20(11-15-29)30-23(12-16-33-34(27,31)32)22(17-26)21-5-4-13-28-24(21)30/h4-5,13,18-20H,6-12,14-17,26H2,1-3H3,(H2,27,31,32)/t18-,19+. The van der Waals surface area contributed by atoms with Crippen molar-refractivity contribution in [3.63, 3.8) is 0 Å². The van der Waals surface area contributed by atoms with Gasteiger partial charge >= 0.3 is 10.3 Å². The van der Waals surface area contributed by atoms with Crippen LogP contribution in [-0.2, 0) is 27.5 Å². The molecule has 2 aromatic heterocycles. The molecule has 190 valence electrons. The highest BCUT2D eigenvalue weighted by molar-refractivity contribution is 7.84. The van der Waals surface area contributed by atoms with Gasteiger partial charge in [-0.3, -0.25) is 4.18 Å². The van der Waals surface area contributed by atoms with Crippen LogP contribution in [-0.4, -0.2) is 48.6 Å². The molecule has 4 N–H and O–H groups in total. The van der Waals surface area contributed by atoms with E-state index < -0.39 is 10.3 Å². The second kappa shape index (κ2) is 10.2. The van der Waals surface area contributed by atoms with Crippen molar-refractivity contribution in [3.05, 3.63) is 29.6 Å². The topological polar surface area (TPSA) is 116 Å². The Morgan fingerprint density at radius 3 is 2.35 bits per heavy atom. The first kappa shape index (κ1) is 25.6. The summed E-state index contributed by atoms with van der Waals surface area (Å²) in [7, 11) is -3.98. The zero-order chi connectivity index (χ0) is 24.5. The summed E-state index contributed by atoms with van der Waals surface area (Å²) < 4.78 is 29.8. The number of nitrogens with two attached hydrogens (primary N) is 2. The molecule has 2 aliphatic rings. The number of nitrogens with zero attached hydrogens (tertiary/aromatic N) is 3. The average Bonchev–Trinajstić information content (AvgIpc) is 3.11. The number of fused-ring (bicyclic) bond motifs is 1. The molecular formula is C25H41N5O3S. The summed E-state index contributed by atoms with van der Waals surface area (Å²) in [4.78, 5) is 7.39. The maximum atomic E-state index is 11.3. The van der Waals surface area contributed by atoms with Gasteiger partial charge in [-0.1, -0.05) is 20.8 Å². The second-order valence-electron chi connectivity index (χ2n) is 11.1. The molecule has 2 aromatic rings. The predicted octanol–water partition coefficient (Wildman–Crippen LogP) is 3.50. The molecule has 0 bridgehead atoms. The van der Waals surface area contributed by atoms with Gasteiger partial charge in [0, 0.05) is 55.4 Å². The zero-order valence-corrected chi connectivity index (χ0v) is 21.7. The van der Waals surface area contributed by atoms with Crippen LogP contribution in [0.4, 0.5) is 0 Å². The van der Waals surface area contributed by atoms with Crippen LogP contribution in [0.2, 0.25) is 0 Å². The minimum Gasteiger partial charge on any atom is -0.326 e. The molecule has 1 aliphatic heterocycles. The maximum Gasteiger partial charge on any atom is 0.333 e. The second-order valence-corrected chi connectivity index (χ2v) is 12.3. The Hall–Kier alpha value is -1.52. The fraction of sp³-hybridized carbons (Fsp3) is 0.720. The number of piperidine rings is 1. The highest BCUT2D eigenvalue weighted by Crippen LogP contribution is 2.40. The van der Waals surface area contributed by atoms with E-state index in [0.717, 1.165) is 54.1 Å². The van der Waals surface area contributed by atoms with E-state index in [0.29, 0.717) is 30.5 Å². The van der Waals surface area contributed by atoms with Gasteiger partial charge in [0.1, 0.15) is 5.65 Å². The first-order chi connectivity index (χ1) is 16.1. The van der Waals surface area contributed by atoms with Crippen molar-refractivity contribution < 1.29 is 12.6 Å². The number of rotatable bonds is 7. The van der Waals surface area contributed by atoms with E-state index >= 15 is 0 Å². The Balaban J connectivity index is 1.49. The molecule has 0 aromatic carbocycles. The lowest BCUT2D eigenvalue weighted by Gasteiger charge is -2.43. The van der Waals surface area contributed by atoms with Crippen molar-refractivity contribution in [3.8, 4) is 0 Å². The van der Waals surface area contributed by atoms with Gasteiger partial charge in [-0.2, -0.15) is 8.42 Å². The summed E-state index contributed by atoms with van der Waals surface area (Å²) in [5.41, 5.74) is 9.52. The van der Waals surface area contributed by atoms with E-state index in [1.807, 2.05) is 18.3 Å². The molecule has 1 saturated carbocycles. The van der Waals surface area contributed by atoms with Crippen molar-refractivity contribution in [2.75, 3.05) is 19.7 Å². The minimum absolute atomic E-state index is 0.00197. The number of likely N-dealkylation sites (tertiary alicyclic amines) is 1. The van der Waals surface area contributed by atoms with Crippen LogP contribution in [0.5, 0.6) is 0 Å². The van der Waals surface area contributed by atoms with E-state index in [1.54, 1.807) is 0 Å². The third-order valence-electron chi connectivity index (χ3n) is 8.07. The smallest absolute Gasteiger partial charge is 0.326 e. The van der Waals surface area contributed by atoms with Crippen molar-refractivity contribution >= 4 is 21.3 Å². The number of hydrogen-bond acceptors (Lipinski definition) is 6. The van der Waals surface area contributed by atoms with Crippen molar-refractivity contribution in [1.29, 1.82) is 0 Å². The molecule has 34 heavy (non-hydrogen) atoms. The van der Waals surface area contributed by atoms with Gasteiger partial charge in [0.15, 0.2) is 0 Å². The highest BCUT2D eigenvalue weighted by Gasteiger charge is 2.34.